The zero-order valence-electron chi connectivity index (χ0n) is 18.8. The van der Waals surface area contributed by atoms with Crippen molar-refractivity contribution in [2.24, 2.45) is 5.92 Å². The molecule has 2 aromatic carbocycles. The van der Waals surface area contributed by atoms with Gasteiger partial charge in [-0.1, -0.05) is 41.9 Å². The van der Waals surface area contributed by atoms with E-state index in [1.165, 1.54) is 13.0 Å². The first-order chi connectivity index (χ1) is 16.3. The number of carbonyl (C=O) groups excluding carboxylic acids is 3. The van der Waals surface area contributed by atoms with Gasteiger partial charge in [0.05, 0.1) is 5.02 Å². The van der Waals surface area contributed by atoms with Crippen LogP contribution in [0.3, 0.4) is 0 Å². The summed E-state index contributed by atoms with van der Waals surface area (Å²) in [6.45, 7) is 1.56. The smallest absolute Gasteiger partial charge is 0.243 e. The minimum Gasteiger partial charge on any atom is -0.350 e. The molecule has 5 rings (SSSR count). The van der Waals surface area contributed by atoms with Crippen molar-refractivity contribution in [3.05, 3.63) is 70.6 Å². The fourth-order valence-electron chi connectivity index (χ4n) is 5.29. The average Bonchev–Trinajstić information content (AvgIpc) is 3.29. The van der Waals surface area contributed by atoms with Crippen molar-refractivity contribution in [3.8, 4) is 0 Å². The Morgan fingerprint density at radius 2 is 1.91 bits per heavy atom. The van der Waals surface area contributed by atoms with Crippen LogP contribution in [0, 0.1) is 11.7 Å². The minimum absolute atomic E-state index is 0.00327. The molecule has 0 spiro atoms. The second kappa shape index (κ2) is 8.87. The van der Waals surface area contributed by atoms with Crippen LogP contribution in [0.15, 0.2) is 48.7 Å². The van der Waals surface area contributed by atoms with Gasteiger partial charge in [-0.25, -0.2) is 4.39 Å². The Morgan fingerprint density at radius 3 is 2.65 bits per heavy atom. The first-order valence-electron chi connectivity index (χ1n) is 11.5. The van der Waals surface area contributed by atoms with Crippen molar-refractivity contribution < 1.29 is 18.8 Å². The quantitative estimate of drug-likeness (QED) is 0.533. The Hall–Kier alpha value is -3.19. The molecule has 0 unspecified atom stereocenters. The Kier molecular flexibility index (Phi) is 5.90. The molecule has 176 valence electrons. The van der Waals surface area contributed by atoms with Crippen LogP contribution in [-0.4, -0.2) is 39.1 Å². The Balaban J connectivity index is 1.35. The highest BCUT2D eigenvalue weighted by atomic mass is 35.5. The first kappa shape index (κ1) is 22.6. The molecule has 8 heteroatoms. The summed E-state index contributed by atoms with van der Waals surface area (Å²) in [5.41, 5.74) is 1.68. The second-order valence-corrected chi connectivity index (χ2v) is 9.54. The van der Waals surface area contributed by atoms with E-state index in [2.05, 4.69) is 5.32 Å². The number of hydrogen-bond acceptors (Lipinski definition) is 3. The molecule has 0 radical (unpaired) electrons. The molecule has 1 aromatic heterocycles. The van der Waals surface area contributed by atoms with Gasteiger partial charge in [-0.2, -0.15) is 0 Å². The third kappa shape index (κ3) is 3.88. The van der Waals surface area contributed by atoms with E-state index in [0.29, 0.717) is 23.5 Å². The molecular weight excluding hydrogens is 457 g/mol. The summed E-state index contributed by atoms with van der Waals surface area (Å²) in [7, 11) is 0. The van der Waals surface area contributed by atoms with Crippen LogP contribution in [0.4, 0.5) is 4.39 Å². The third-order valence-corrected chi connectivity index (χ3v) is 7.44. The maximum atomic E-state index is 14.2. The maximum absolute atomic E-state index is 14.2. The van der Waals surface area contributed by atoms with Gasteiger partial charge in [0.25, 0.3) is 0 Å². The van der Waals surface area contributed by atoms with Gasteiger partial charge >= 0.3 is 0 Å². The first-order valence-corrected chi connectivity index (χ1v) is 11.8. The molecule has 1 aliphatic carbocycles. The summed E-state index contributed by atoms with van der Waals surface area (Å²) in [5.74, 6) is -0.754. The van der Waals surface area contributed by atoms with Crippen molar-refractivity contribution >= 4 is 40.1 Å². The fraction of sp³-hybridized carbons (Fsp3) is 0.346. The highest BCUT2D eigenvalue weighted by Crippen LogP contribution is 2.44. The number of amides is 2. The molecular formula is C26H25ClFN3O3. The summed E-state index contributed by atoms with van der Waals surface area (Å²) in [5, 5.41) is 3.61. The summed E-state index contributed by atoms with van der Waals surface area (Å²) in [6, 6.07) is 11.6. The van der Waals surface area contributed by atoms with Gasteiger partial charge in [0.15, 0.2) is 5.78 Å². The molecule has 6 nitrogen and oxygen atoms in total. The SMILES string of the molecule is CC(=O)c1cn(CC(=O)N2[C@@H]3CC[C@@H]3C[C@H]2C(=O)NCc2cccc(Cl)c2F)c2ccccc12. The normalized spacial score (nSPS) is 21.3. The van der Waals surface area contributed by atoms with Gasteiger partial charge in [-0.15, -0.1) is 0 Å². The molecule has 2 aliphatic rings. The van der Waals surface area contributed by atoms with E-state index in [9.17, 15) is 18.8 Å². The van der Waals surface area contributed by atoms with Crippen LogP contribution < -0.4 is 5.32 Å². The molecule has 2 fully saturated rings. The molecule has 2 heterocycles. The number of para-hydroxylation sites is 1. The summed E-state index contributed by atoms with van der Waals surface area (Å²) in [4.78, 5) is 40.4. The number of likely N-dealkylation sites (tertiary alicyclic amines) is 1. The maximum Gasteiger partial charge on any atom is 0.243 e. The van der Waals surface area contributed by atoms with E-state index in [-0.39, 0.29) is 41.8 Å². The van der Waals surface area contributed by atoms with Gasteiger partial charge < -0.3 is 14.8 Å². The number of nitrogens with one attached hydrogen (secondary N) is 1. The molecule has 1 saturated heterocycles. The van der Waals surface area contributed by atoms with Gasteiger partial charge in [0.2, 0.25) is 11.8 Å². The molecule has 34 heavy (non-hydrogen) atoms. The molecule has 3 atom stereocenters. The van der Waals surface area contributed by atoms with Gasteiger partial charge in [-0.05, 0) is 44.2 Å². The van der Waals surface area contributed by atoms with Crippen molar-refractivity contribution in [1.82, 2.24) is 14.8 Å². The van der Waals surface area contributed by atoms with Gasteiger partial charge in [0, 0.05) is 40.8 Å². The summed E-state index contributed by atoms with van der Waals surface area (Å²) in [6.07, 6.45) is 4.18. The second-order valence-electron chi connectivity index (χ2n) is 9.13. The molecule has 1 N–H and O–H groups in total. The standard InChI is InChI=1S/C26H25ClFN3O3/c1-15(32)19-13-30(22-8-3-2-6-18(19)22)14-24(33)31-21-10-9-16(21)11-23(31)26(34)29-12-17-5-4-7-20(27)25(17)28/h2-8,13,16,21,23H,9-12,14H2,1H3,(H,29,34)/t16-,21-,23+/m1/s1. The monoisotopic (exact) mass is 481 g/mol. The zero-order valence-corrected chi connectivity index (χ0v) is 19.5. The lowest BCUT2D eigenvalue weighted by Gasteiger charge is -2.37. The minimum atomic E-state index is -0.596. The zero-order chi connectivity index (χ0) is 24.0. The van der Waals surface area contributed by atoms with Crippen LogP contribution >= 0.6 is 11.6 Å². The van der Waals surface area contributed by atoms with E-state index in [0.717, 1.165) is 23.7 Å². The highest BCUT2D eigenvalue weighted by Gasteiger charge is 2.50. The number of Topliss-reactive ketones (excluding diaryl/α,β-unsaturated/α-hetero) is 1. The predicted molar refractivity (Wildman–Crippen MR) is 127 cm³/mol. The number of hydrogen-bond donors (Lipinski definition) is 1. The lowest BCUT2D eigenvalue weighted by Crippen LogP contribution is -2.51. The van der Waals surface area contributed by atoms with Crippen molar-refractivity contribution in [3.63, 3.8) is 0 Å². The highest BCUT2D eigenvalue weighted by molar-refractivity contribution is 6.30. The van der Waals surface area contributed by atoms with Crippen LogP contribution in [0.5, 0.6) is 0 Å². The van der Waals surface area contributed by atoms with E-state index in [1.54, 1.807) is 27.8 Å². The largest absolute Gasteiger partial charge is 0.350 e. The summed E-state index contributed by atoms with van der Waals surface area (Å²) >= 11 is 5.84. The molecule has 1 saturated carbocycles. The average molecular weight is 482 g/mol. The lowest BCUT2D eigenvalue weighted by molar-refractivity contribution is -0.142. The van der Waals surface area contributed by atoms with E-state index in [1.807, 2.05) is 24.3 Å². The van der Waals surface area contributed by atoms with Crippen LogP contribution in [0.25, 0.3) is 10.9 Å². The van der Waals surface area contributed by atoms with E-state index in [4.69, 9.17) is 11.6 Å². The number of halogens is 2. The fourth-order valence-corrected chi connectivity index (χ4v) is 5.48. The Morgan fingerprint density at radius 1 is 1.12 bits per heavy atom. The van der Waals surface area contributed by atoms with Crippen LogP contribution in [-0.2, 0) is 22.7 Å². The summed E-state index contributed by atoms with van der Waals surface area (Å²) < 4.78 is 16.0. The topological polar surface area (TPSA) is 71.4 Å². The van der Waals surface area contributed by atoms with Gasteiger partial charge in [-0.3, -0.25) is 14.4 Å². The molecule has 3 aromatic rings. The van der Waals surface area contributed by atoms with Crippen LogP contribution in [0.1, 0.15) is 42.1 Å². The lowest BCUT2D eigenvalue weighted by atomic mass is 9.80. The number of fused-ring (bicyclic) bond motifs is 2. The van der Waals surface area contributed by atoms with Gasteiger partial charge in [0.1, 0.15) is 18.4 Å². The Bertz CT molecular complexity index is 1300. The van der Waals surface area contributed by atoms with E-state index >= 15 is 0 Å². The van der Waals surface area contributed by atoms with Crippen molar-refractivity contribution in [1.29, 1.82) is 0 Å². The third-order valence-electron chi connectivity index (χ3n) is 7.15. The number of ketones is 1. The van der Waals surface area contributed by atoms with E-state index < -0.39 is 11.9 Å². The molecule has 1 aliphatic heterocycles. The van der Waals surface area contributed by atoms with Crippen LogP contribution in [0.2, 0.25) is 5.02 Å². The van der Waals surface area contributed by atoms with Crippen molar-refractivity contribution in [2.45, 2.75) is 51.4 Å². The molecule has 0 bridgehead atoms. The number of benzene rings is 2. The number of carbonyl (C=O) groups is 3. The van der Waals surface area contributed by atoms with Crippen molar-refractivity contribution in [2.75, 3.05) is 0 Å². The molecule has 2 amide bonds. The number of rotatable bonds is 6. The number of nitrogens with zero attached hydrogens (tertiary/aromatic N) is 2. The predicted octanol–water partition coefficient (Wildman–Crippen LogP) is 4.33. The Labute approximate surface area is 201 Å². The number of aromatic nitrogens is 1.